The molecule has 0 aromatic carbocycles. The third-order valence-corrected chi connectivity index (χ3v) is 3.13. The molecule has 1 N–H and O–H groups in total. The van der Waals surface area contributed by atoms with Crippen molar-refractivity contribution in [2.75, 3.05) is 20.3 Å². The number of ether oxygens (including phenoxy) is 1. The summed E-state index contributed by atoms with van der Waals surface area (Å²) in [6.07, 6.45) is 2.40. The lowest BCUT2D eigenvalue weighted by Gasteiger charge is -2.37. The molecule has 0 radical (unpaired) electrons. The van der Waals surface area contributed by atoms with E-state index in [1.807, 2.05) is 0 Å². The molecular formula is C11H19NO4. The van der Waals surface area contributed by atoms with E-state index in [9.17, 15) is 9.59 Å². The molecule has 2 atom stereocenters. The van der Waals surface area contributed by atoms with Gasteiger partial charge in [-0.05, 0) is 18.8 Å². The average Bonchev–Trinajstić information content (AvgIpc) is 2.28. The summed E-state index contributed by atoms with van der Waals surface area (Å²) in [6.45, 7) is 2.56. The summed E-state index contributed by atoms with van der Waals surface area (Å²) in [5, 5.41) is 9.05. The van der Waals surface area contributed by atoms with E-state index in [0.29, 0.717) is 18.9 Å². The highest BCUT2D eigenvalue weighted by molar-refractivity contribution is 5.84. The molecular weight excluding hydrogens is 210 g/mol. The minimum absolute atomic E-state index is 0.0415. The van der Waals surface area contributed by atoms with Crippen molar-refractivity contribution in [2.45, 2.75) is 32.2 Å². The van der Waals surface area contributed by atoms with Crippen molar-refractivity contribution in [3.63, 3.8) is 0 Å². The number of nitrogens with zero attached hydrogens (tertiary/aromatic N) is 1. The van der Waals surface area contributed by atoms with Crippen molar-refractivity contribution in [3.8, 4) is 0 Å². The van der Waals surface area contributed by atoms with Crippen LogP contribution in [-0.4, -0.2) is 48.2 Å². The van der Waals surface area contributed by atoms with Crippen LogP contribution in [0, 0.1) is 5.92 Å². The van der Waals surface area contributed by atoms with Crippen LogP contribution in [-0.2, 0) is 14.3 Å². The van der Waals surface area contributed by atoms with Gasteiger partial charge in [0.2, 0.25) is 5.91 Å². The Labute approximate surface area is 95.4 Å². The Morgan fingerprint density at radius 3 is 2.62 bits per heavy atom. The molecule has 0 spiro atoms. The molecule has 5 heteroatoms. The fraction of sp³-hybridized carbons (Fsp3) is 0.818. The smallest absolute Gasteiger partial charge is 0.326 e. The molecule has 16 heavy (non-hydrogen) atoms. The molecule has 92 valence electrons. The molecule has 0 saturated carbocycles. The number of carboxylic acid groups (broad SMARTS) is 1. The van der Waals surface area contributed by atoms with E-state index < -0.39 is 12.0 Å². The molecule has 1 rings (SSSR count). The summed E-state index contributed by atoms with van der Waals surface area (Å²) in [6, 6.07) is -0.676. The van der Waals surface area contributed by atoms with Gasteiger partial charge in [-0.3, -0.25) is 4.79 Å². The second-order valence-electron chi connectivity index (χ2n) is 4.18. The van der Waals surface area contributed by atoms with Gasteiger partial charge in [0.15, 0.2) is 0 Å². The molecule has 0 aromatic heterocycles. The highest BCUT2D eigenvalue weighted by atomic mass is 16.5. The highest BCUT2D eigenvalue weighted by Crippen LogP contribution is 2.24. The SMILES string of the molecule is CCC1CCC(C(=O)O)N(C(=O)COC)C1. The van der Waals surface area contributed by atoms with Gasteiger partial charge in [0.1, 0.15) is 12.6 Å². The summed E-state index contributed by atoms with van der Waals surface area (Å²) in [4.78, 5) is 24.2. The van der Waals surface area contributed by atoms with E-state index >= 15 is 0 Å². The van der Waals surface area contributed by atoms with Crippen LogP contribution in [0.15, 0.2) is 0 Å². The lowest BCUT2D eigenvalue weighted by molar-refractivity contribution is -0.154. The van der Waals surface area contributed by atoms with Gasteiger partial charge in [-0.15, -0.1) is 0 Å². The largest absolute Gasteiger partial charge is 0.480 e. The van der Waals surface area contributed by atoms with Crippen LogP contribution < -0.4 is 0 Å². The minimum atomic E-state index is -0.918. The molecule has 2 unspecified atom stereocenters. The number of amides is 1. The van der Waals surface area contributed by atoms with Crippen molar-refractivity contribution < 1.29 is 19.4 Å². The maximum absolute atomic E-state index is 11.7. The quantitative estimate of drug-likeness (QED) is 0.772. The van der Waals surface area contributed by atoms with E-state index in [2.05, 4.69) is 6.92 Å². The van der Waals surface area contributed by atoms with Crippen LogP contribution in [0.25, 0.3) is 0 Å². The molecule has 1 amide bonds. The number of hydrogen-bond donors (Lipinski definition) is 1. The predicted octanol–water partition coefficient (Wildman–Crippen LogP) is 0.735. The van der Waals surface area contributed by atoms with Crippen molar-refractivity contribution in [1.82, 2.24) is 4.90 Å². The summed E-state index contributed by atoms with van der Waals surface area (Å²) in [5.41, 5.74) is 0. The number of likely N-dealkylation sites (tertiary alicyclic amines) is 1. The third kappa shape index (κ3) is 2.95. The van der Waals surface area contributed by atoms with Crippen molar-refractivity contribution in [2.24, 2.45) is 5.92 Å². The third-order valence-electron chi connectivity index (χ3n) is 3.13. The predicted molar refractivity (Wildman–Crippen MR) is 58.0 cm³/mol. The Balaban J connectivity index is 2.71. The number of carbonyl (C=O) groups excluding carboxylic acids is 1. The van der Waals surface area contributed by atoms with Crippen LogP contribution in [0.2, 0.25) is 0 Å². The molecule has 0 bridgehead atoms. The first-order valence-corrected chi connectivity index (χ1v) is 5.61. The molecule has 0 aliphatic carbocycles. The van der Waals surface area contributed by atoms with Crippen LogP contribution in [0.1, 0.15) is 26.2 Å². The van der Waals surface area contributed by atoms with E-state index in [1.165, 1.54) is 12.0 Å². The molecule has 1 aliphatic heterocycles. The summed E-state index contributed by atoms with van der Waals surface area (Å²) in [7, 11) is 1.44. The Morgan fingerprint density at radius 2 is 2.12 bits per heavy atom. The Kier molecular flexibility index (Phi) is 4.73. The average molecular weight is 229 g/mol. The highest BCUT2D eigenvalue weighted by Gasteiger charge is 2.34. The molecule has 1 heterocycles. The van der Waals surface area contributed by atoms with E-state index in [-0.39, 0.29) is 12.5 Å². The molecule has 1 fully saturated rings. The molecule has 1 aliphatic rings. The molecule has 0 aromatic rings. The van der Waals surface area contributed by atoms with Crippen molar-refractivity contribution in [3.05, 3.63) is 0 Å². The number of hydrogen-bond acceptors (Lipinski definition) is 3. The lowest BCUT2D eigenvalue weighted by Crippen LogP contribution is -2.51. The normalized spacial score (nSPS) is 25.5. The zero-order chi connectivity index (χ0) is 12.1. The van der Waals surface area contributed by atoms with Crippen molar-refractivity contribution in [1.29, 1.82) is 0 Å². The topological polar surface area (TPSA) is 66.8 Å². The van der Waals surface area contributed by atoms with Gasteiger partial charge < -0.3 is 14.7 Å². The first kappa shape index (κ1) is 13.0. The van der Waals surface area contributed by atoms with Gasteiger partial charge in [0, 0.05) is 13.7 Å². The number of carboxylic acids is 1. The van der Waals surface area contributed by atoms with Crippen LogP contribution in [0.3, 0.4) is 0 Å². The summed E-state index contributed by atoms with van der Waals surface area (Å²) < 4.78 is 4.77. The van der Waals surface area contributed by atoms with Gasteiger partial charge in [-0.25, -0.2) is 4.79 Å². The maximum atomic E-state index is 11.7. The Morgan fingerprint density at radius 1 is 1.44 bits per heavy atom. The van der Waals surface area contributed by atoms with Gasteiger partial charge in [-0.1, -0.05) is 13.3 Å². The number of aliphatic carboxylic acids is 1. The zero-order valence-electron chi connectivity index (χ0n) is 9.81. The number of rotatable bonds is 4. The number of methoxy groups -OCH3 is 1. The first-order chi connectivity index (χ1) is 7.60. The van der Waals surface area contributed by atoms with E-state index in [1.54, 1.807) is 0 Å². The fourth-order valence-electron chi connectivity index (χ4n) is 2.12. The van der Waals surface area contributed by atoms with E-state index in [4.69, 9.17) is 9.84 Å². The molecule has 1 saturated heterocycles. The zero-order valence-corrected chi connectivity index (χ0v) is 9.81. The lowest BCUT2D eigenvalue weighted by atomic mass is 9.91. The number of carbonyl (C=O) groups is 2. The van der Waals surface area contributed by atoms with Gasteiger partial charge in [0.25, 0.3) is 0 Å². The Hall–Kier alpha value is -1.10. The maximum Gasteiger partial charge on any atom is 0.326 e. The van der Waals surface area contributed by atoms with Gasteiger partial charge in [-0.2, -0.15) is 0 Å². The number of piperidine rings is 1. The fourth-order valence-corrected chi connectivity index (χ4v) is 2.12. The van der Waals surface area contributed by atoms with Crippen LogP contribution in [0.5, 0.6) is 0 Å². The van der Waals surface area contributed by atoms with Gasteiger partial charge in [0.05, 0.1) is 0 Å². The first-order valence-electron chi connectivity index (χ1n) is 5.61. The second-order valence-corrected chi connectivity index (χ2v) is 4.18. The second kappa shape index (κ2) is 5.84. The molecule has 5 nitrogen and oxygen atoms in total. The van der Waals surface area contributed by atoms with E-state index in [0.717, 1.165) is 12.8 Å². The summed E-state index contributed by atoms with van der Waals surface area (Å²) in [5.74, 6) is -0.733. The minimum Gasteiger partial charge on any atom is -0.480 e. The summed E-state index contributed by atoms with van der Waals surface area (Å²) >= 11 is 0. The monoisotopic (exact) mass is 229 g/mol. The Bertz CT molecular complexity index is 267. The van der Waals surface area contributed by atoms with Crippen LogP contribution in [0.4, 0.5) is 0 Å². The van der Waals surface area contributed by atoms with Gasteiger partial charge >= 0.3 is 5.97 Å². The van der Waals surface area contributed by atoms with Crippen molar-refractivity contribution >= 4 is 11.9 Å². The standard InChI is InChI=1S/C11H19NO4/c1-3-8-4-5-9(11(14)15)12(6-8)10(13)7-16-2/h8-9H,3-7H2,1-2H3,(H,14,15). The van der Waals surface area contributed by atoms with Crippen LogP contribution >= 0.6 is 0 Å².